The predicted molar refractivity (Wildman–Crippen MR) is 71.6 cm³/mol. The molecule has 1 aromatic carbocycles. The fourth-order valence-electron chi connectivity index (χ4n) is 1.58. The maximum atomic E-state index is 12.6. The van der Waals surface area contributed by atoms with Crippen molar-refractivity contribution in [1.29, 1.82) is 5.41 Å². The first kappa shape index (κ1) is 15.8. The first-order chi connectivity index (χ1) is 8.79. The Hall–Kier alpha value is -2.22. The van der Waals surface area contributed by atoms with E-state index in [1.807, 2.05) is 0 Å². The molecule has 0 amide bonds. The second-order valence-electron chi connectivity index (χ2n) is 3.83. The van der Waals surface area contributed by atoms with Crippen molar-refractivity contribution in [2.75, 3.05) is 5.73 Å². The van der Waals surface area contributed by atoms with Crippen molar-refractivity contribution < 1.29 is 13.2 Å². The Morgan fingerprint density at radius 1 is 1.25 bits per heavy atom. The Bertz CT molecular complexity index is 635. The highest BCUT2D eigenvalue weighted by Crippen LogP contribution is 2.32. The summed E-state index contributed by atoms with van der Waals surface area (Å²) in [5.74, 6) is -0.323. The average molecular weight is 306 g/mol. The van der Waals surface area contributed by atoms with E-state index in [1.54, 1.807) is 0 Å². The van der Waals surface area contributed by atoms with Crippen molar-refractivity contribution in [2.45, 2.75) is 6.18 Å². The Morgan fingerprint density at radius 3 is 2.40 bits per heavy atom. The van der Waals surface area contributed by atoms with E-state index in [9.17, 15) is 13.2 Å². The Kier molecular flexibility index (Phi) is 4.29. The summed E-state index contributed by atoms with van der Waals surface area (Å²) >= 11 is 0. The summed E-state index contributed by atoms with van der Waals surface area (Å²) in [6.07, 6.45) is -4.43. The fourth-order valence-corrected chi connectivity index (χ4v) is 1.58. The SMILES string of the molecule is Cl.N=C(N)n1nc(-c2cccc(C(F)(F)F)c2)cc1N. The normalized spacial score (nSPS) is 10.9. The summed E-state index contributed by atoms with van der Waals surface area (Å²) in [7, 11) is 0. The van der Waals surface area contributed by atoms with E-state index in [0.717, 1.165) is 16.8 Å². The lowest BCUT2D eigenvalue weighted by atomic mass is 10.1. The van der Waals surface area contributed by atoms with Gasteiger partial charge in [-0.1, -0.05) is 12.1 Å². The van der Waals surface area contributed by atoms with Gasteiger partial charge in [-0.2, -0.15) is 23.0 Å². The van der Waals surface area contributed by atoms with Crippen LogP contribution in [0.25, 0.3) is 11.3 Å². The molecule has 0 spiro atoms. The standard InChI is InChI=1S/C11H10F3N5.ClH/c12-11(13,14)7-3-1-2-6(4-7)8-5-9(15)19(18-8)10(16)17;/h1-5H,15H2,(H3,16,17);1H. The summed E-state index contributed by atoms with van der Waals surface area (Å²) in [6, 6.07) is 6.04. The van der Waals surface area contributed by atoms with Gasteiger partial charge in [-0.05, 0) is 12.1 Å². The van der Waals surface area contributed by atoms with Gasteiger partial charge in [0.2, 0.25) is 5.96 Å². The molecule has 0 aliphatic rings. The minimum Gasteiger partial charge on any atom is -0.383 e. The largest absolute Gasteiger partial charge is 0.416 e. The van der Waals surface area contributed by atoms with Crippen molar-refractivity contribution in [2.24, 2.45) is 5.73 Å². The maximum absolute atomic E-state index is 12.6. The highest BCUT2D eigenvalue weighted by Gasteiger charge is 2.30. The second kappa shape index (κ2) is 5.41. The smallest absolute Gasteiger partial charge is 0.383 e. The summed E-state index contributed by atoms with van der Waals surface area (Å²) in [5.41, 5.74) is 10.5. The number of halogens is 4. The first-order valence-electron chi connectivity index (χ1n) is 5.16. The molecule has 108 valence electrons. The number of anilines is 1. The second-order valence-corrected chi connectivity index (χ2v) is 3.83. The van der Waals surface area contributed by atoms with E-state index < -0.39 is 17.7 Å². The van der Waals surface area contributed by atoms with E-state index in [-0.39, 0.29) is 29.5 Å². The fraction of sp³-hybridized carbons (Fsp3) is 0.0909. The molecule has 0 radical (unpaired) electrons. The van der Waals surface area contributed by atoms with Crippen LogP contribution in [0.5, 0.6) is 0 Å². The molecule has 0 bridgehead atoms. The number of benzene rings is 1. The van der Waals surface area contributed by atoms with Gasteiger partial charge in [0.25, 0.3) is 0 Å². The van der Waals surface area contributed by atoms with E-state index in [0.29, 0.717) is 0 Å². The number of hydrogen-bond donors (Lipinski definition) is 3. The van der Waals surface area contributed by atoms with Crippen molar-refractivity contribution in [1.82, 2.24) is 9.78 Å². The number of alkyl halides is 3. The van der Waals surface area contributed by atoms with Gasteiger partial charge in [-0.25, -0.2) is 0 Å². The van der Waals surface area contributed by atoms with Crippen LogP contribution in [0, 0.1) is 5.41 Å². The van der Waals surface area contributed by atoms with Gasteiger partial charge < -0.3 is 11.5 Å². The lowest BCUT2D eigenvalue weighted by molar-refractivity contribution is -0.137. The van der Waals surface area contributed by atoms with Crippen molar-refractivity contribution in [3.05, 3.63) is 35.9 Å². The van der Waals surface area contributed by atoms with Gasteiger partial charge >= 0.3 is 6.18 Å². The van der Waals surface area contributed by atoms with E-state index in [1.165, 1.54) is 18.2 Å². The van der Waals surface area contributed by atoms with Gasteiger partial charge in [0.15, 0.2) is 0 Å². The summed E-state index contributed by atoms with van der Waals surface area (Å²) in [5, 5.41) is 11.1. The van der Waals surface area contributed by atoms with Crippen LogP contribution in [0.3, 0.4) is 0 Å². The quantitative estimate of drug-likeness (QED) is 0.557. The maximum Gasteiger partial charge on any atom is 0.416 e. The molecule has 9 heteroatoms. The molecular weight excluding hydrogens is 295 g/mol. The topological polar surface area (TPSA) is 93.7 Å². The highest BCUT2D eigenvalue weighted by atomic mass is 35.5. The third-order valence-corrected chi connectivity index (χ3v) is 2.45. The van der Waals surface area contributed by atoms with Crippen LogP contribution >= 0.6 is 12.4 Å². The van der Waals surface area contributed by atoms with E-state index in [2.05, 4.69) is 5.10 Å². The Labute approximate surface area is 118 Å². The summed E-state index contributed by atoms with van der Waals surface area (Å²) in [4.78, 5) is 0. The molecule has 1 aromatic heterocycles. The molecular formula is C11H11ClF3N5. The van der Waals surface area contributed by atoms with Gasteiger partial charge in [0.05, 0.1) is 11.3 Å². The van der Waals surface area contributed by atoms with Crippen molar-refractivity contribution in [3.8, 4) is 11.3 Å². The van der Waals surface area contributed by atoms with Crippen molar-refractivity contribution >= 4 is 24.2 Å². The van der Waals surface area contributed by atoms with Crippen LogP contribution in [0.15, 0.2) is 30.3 Å². The molecule has 5 N–H and O–H groups in total. The molecule has 0 aliphatic carbocycles. The molecule has 0 fully saturated rings. The van der Waals surface area contributed by atoms with Gasteiger partial charge in [-0.15, -0.1) is 12.4 Å². The molecule has 0 unspecified atom stereocenters. The molecule has 0 saturated carbocycles. The minimum atomic E-state index is -4.43. The van der Waals surface area contributed by atoms with Gasteiger partial charge in [-0.3, -0.25) is 5.41 Å². The number of rotatable bonds is 1. The number of aromatic nitrogens is 2. The molecule has 5 nitrogen and oxygen atoms in total. The average Bonchev–Trinajstić information content (AvgIpc) is 2.70. The number of nitrogens with zero attached hydrogens (tertiary/aromatic N) is 2. The van der Waals surface area contributed by atoms with Crippen LogP contribution in [0.1, 0.15) is 5.56 Å². The highest BCUT2D eigenvalue weighted by molar-refractivity contribution is 5.85. The minimum absolute atomic E-state index is 0. The summed E-state index contributed by atoms with van der Waals surface area (Å²) in [6.45, 7) is 0. The van der Waals surface area contributed by atoms with Crippen molar-refractivity contribution in [3.63, 3.8) is 0 Å². The molecule has 0 atom stereocenters. The third-order valence-electron chi connectivity index (χ3n) is 2.45. The van der Waals surface area contributed by atoms with Crippen LogP contribution < -0.4 is 11.5 Å². The zero-order valence-electron chi connectivity index (χ0n) is 9.98. The zero-order chi connectivity index (χ0) is 14.2. The molecule has 2 rings (SSSR count). The van der Waals surface area contributed by atoms with E-state index >= 15 is 0 Å². The Balaban J connectivity index is 0.00000200. The molecule has 0 saturated heterocycles. The van der Waals surface area contributed by atoms with Crippen LogP contribution in [0.2, 0.25) is 0 Å². The number of hydrogen-bond acceptors (Lipinski definition) is 3. The first-order valence-corrected chi connectivity index (χ1v) is 5.16. The molecule has 20 heavy (non-hydrogen) atoms. The number of nitrogens with one attached hydrogen (secondary N) is 1. The van der Waals surface area contributed by atoms with Crippen LogP contribution in [-0.2, 0) is 6.18 Å². The summed E-state index contributed by atoms with van der Waals surface area (Å²) < 4.78 is 38.7. The monoisotopic (exact) mass is 305 g/mol. The third kappa shape index (κ3) is 3.02. The number of nitrogen functional groups attached to an aromatic ring is 2. The van der Waals surface area contributed by atoms with Crippen LogP contribution in [0.4, 0.5) is 19.0 Å². The lowest BCUT2D eigenvalue weighted by Crippen LogP contribution is -2.23. The zero-order valence-corrected chi connectivity index (χ0v) is 10.8. The van der Waals surface area contributed by atoms with Crippen LogP contribution in [-0.4, -0.2) is 15.7 Å². The van der Waals surface area contributed by atoms with Gasteiger partial charge in [0, 0.05) is 11.6 Å². The van der Waals surface area contributed by atoms with Gasteiger partial charge in [0.1, 0.15) is 5.82 Å². The van der Waals surface area contributed by atoms with E-state index in [4.69, 9.17) is 16.9 Å². The Morgan fingerprint density at radius 2 is 1.90 bits per heavy atom. The predicted octanol–water partition coefficient (Wildman–Crippen LogP) is 2.31. The molecule has 1 heterocycles. The molecule has 2 aromatic rings. The lowest BCUT2D eigenvalue weighted by Gasteiger charge is -2.07. The molecule has 0 aliphatic heterocycles. The number of nitrogens with two attached hydrogens (primary N) is 2.